The van der Waals surface area contributed by atoms with Gasteiger partial charge in [-0.1, -0.05) is 23.8 Å². The molecule has 0 aromatic heterocycles. The van der Waals surface area contributed by atoms with Gasteiger partial charge in [-0.3, -0.25) is 0 Å². The lowest BCUT2D eigenvalue weighted by atomic mass is 9.93. The Labute approximate surface area is 89.1 Å². The molecule has 0 aromatic rings. The van der Waals surface area contributed by atoms with Crippen LogP contribution in [0.25, 0.3) is 0 Å². The number of rotatable bonds is 2. The summed E-state index contributed by atoms with van der Waals surface area (Å²) >= 11 is 5.84. The van der Waals surface area contributed by atoms with Crippen molar-refractivity contribution in [2.24, 2.45) is 0 Å². The van der Waals surface area contributed by atoms with Crippen molar-refractivity contribution >= 4 is 11.6 Å². The molecule has 0 radical (unpaired) electrons. The fraction of sp³-hybridized carbons (Fsp3) is 0.500. The summed E-state index contributed by atoms with van der Waals surface area (Å²) in [4.78, 5) is 0. The average molecular weight is 213 g/mol. The highest BCUT2D eigenvalue weighted by atomic mass is 35.5. The van der Waals surface area contributed by atoms with Gasteiger partial charge < -0.3 is 0 Å². The minimum Gasteiger partial charge on any atom is -0.242 e. The lowest BCUT2D eigenvalue weighted by Gasteiger charge is -2.16. The van der Waals surface area contributed by atoms with E-state index in [1.807, 2.05) is 18.2 Å². The quantitative estimate of drug-likeness (QED) is 0.609. The van der Waals surface area contributed by atoms with Gasteiger partial charge in [0.05, 0.1) is 0 Å². The van der Waals surface area contributed by atoms with Gasteiger partial charge in [0.1, 0.15) is 6.17 Å². The van der Waals surface area contributed by atoms with Crippen LogP contribution in [0.15, 0.2) is 34.9 Å². The van der Waals surface area contributed by atoms with Crippen molar-refractivity contribution in [1.29, 1.82) is 0 Å². The zero-order valence-electron chi connectivity index (χ0n) is 8.10. The molecule has 76 valence electrons. The van der Waals surface area contributed by atoms with Crippen LogP contribution in [0.2, 0.25) is 0 Å². The molecule has 0 saturated carbocycles. The van der Waals surface area contributed by atoms with Gasteiger partial charge in [-0.25, -0.2) is 4.39 Å². The highest BCUT2D eigenvalue weighted by Crippen LogP contribution is 2.36. The first-order valence-electron chi connectivity index (χ1n) is 5.11. The first-order valence-corrected chi connectivity index (χ1v) is 5.64. The summed E-state index contributed by atoms with van der Waals surface area (Å²) in [6.45, 7) is 0. The molecular formula is C12H14ClF. The molecule has 2 heteroatoms. The zero-order valence-corrected chi connectivity index (χ0v) is 8.86. The Morgan fingerprint density at radius 2 is 2.29 bits per heavy atom. The third-order valence-electron chi connectivity index (χ3n) is 2.93. The summed E-state index contributed by atoms with van der Waals surface area (Å²) in [6.07, 6.45) is 8.62. The molecule has 1 atom stereocenters. The molecule has 0 nitrogen and oxygen atoms in total. The Bertz CT molecular complexity index is 312. The fourth-order valence-electron chi connectivity index (χ4n) is 2.19. The van der Waals surface area contributed by atoms with Gasteiger partial charge in [0.2, 0.25) is 0 Å². The van der Waals surface area contributed by atoms with Crippen LogP contribution in [0.4, 0.5) is 4.39 Å². The minimum absolute atomic E-state index is 0.519. The van der Waals surface area contributed by atoms with Crippen LogP contribution in [-0.4, -0.2) is 12.1 Å². The van der Waals surface area contributed by atoms with Crippen molar-refractivity contribution in [3.63, 3.8) is 0 Å². The number of hydrogen-bond acceptors (Lipinski definition) is 0. The number of halogens is 2. The van der Waals surface area contributed by atoms with Crippen LogP contribution < -0.4 is 0 Å². The second-order valence-corrected chi connectivity index (χ2v) is 4.09. The number of hydrogen-bond donors (Lipinski definition) is 0. The van der Waals surface area contributed by atoms with Gasteiger partial charge in [-0.2, -0.15) is 0 Å². The average Bonchev–Trinajstić information content (AvgIpc) is 2.66. The van der Waals surface area contributed by atoms with Crippen molar-refractivity contribution in [3.8, 4) is 0 Å². The largest absolute Gasteiger partial charge is 0.242 e. The van der Waals surface area contributed by atoms with Crippen LogP contribution in [0, 0.1) is 0 Å². The molecule has 2 rings (SSSR count). The summed E-state index contributed by atoms with van der Waals surface area (Å²) in [5.74, 6) is 0.559. The van der Waals surface area contributed by atoms with E-state index in [0.29, 0.717) is 12.3 Å². The standard InChI is InChI=1S/C12H14ClF/c13-8-9-4-3-6-10(9)11-5-1-2-7-12(11)14/h1-2,5,12H,3-4,6-8H2. The molecule has 2 aliphatic carbocycles. The van der Waals surface area contributed by atoms with Gasteiger partial charge in [0.15, 0.2) is 0 Å². The van der Waals surface area contributed by atoms with E-state index in [0.717, 1.165) is 24.8 Å². The van der Waals surface area contributed by atoms with Crippen molar-refractivity contribution in [3.05, 3.63) is 34.9 Å². The summed E-state index contributed by atoms with van der Waals surface area (Å²) in [6, 6.07) is 0. The van der Waals surface area contributed by atoms with Crippen LogP contribution in [0.1, 0.15) is 25.7 Å². The highest BCUT2D eigenvalue weighted by molar-refractivity contribution is 6.19. The lowest BCUT2D eigenvalue weighted by Crippen LogP contribution is -2.08. The summed E-state index contributed by atoms with van der Waals surface area (Å²) in [7, 11) is 0. The van der Waals surface area contributed by atoms with E-state index in [1.165, 1.54) is 11.1 Å². The number of alkyl halides is 2. The van der Waals surface area contributed by atoms with E-state index in [1.54, 1.807) is 0 Å². The van der Waals surface area contributed by atoms with Crippen LogP contribution in [0.5, 0.6) is 0 Å². The summed E-state index contributed by atoms with van der Waals surface area (Å²) in [5, 5.41) is 0. The van der Waals surface area contributed by atoms with Crippen LogP contribution in [0.3, 0.4) is 0 Å². The third kappa shape index (κ3) is 1.78. The molecule has 2 aliphatic rings. The second kappa shape index (κ2) is 4.31. The molecule has 0 amide bonds. The van der Waals surface area contributed by atoms with Gasteiger partial charge in [-0.05, 0) is 30.4 Å². The molecular weight excluding hydrogens is 199 g/mol. The topological polar surface area (TPSA) is 0 Å². The monoisotopic (exact) mass is 212 g/mol. The third-order valence-corrected chi connectivity index (χ3v) is 3.26. The molecule has 0 spiro atoms. The van der Waals surface area contributed by atoms with Crippen LogP contribution >= 0.6 is 11.6 Å². The molecule has 1 unspecified atom stereocenters. The highest BCUT2D eigenvalue weighted by Gasteiger charge is 2.23. The van der Waals surface area contributed by atoms with Crippen molar-refractivity contribution in [2.45, 2.75) is 31.9 Å². The summed E-state index contributed by atoms with van der Waals surface area (Å²) < 4.78 is 13.6. The molecule has 0 aromatic carbocycles. The Balaban J connectivity index is 2.29. The molecule has 14 heavy (non-hydrogen) atoms. The van der Waals surface area contributed by atoms with Crippen molar-refractivity contribution < 1.29 is 4.39 Å². The first-order chi connectivity index (χ1) is 6.83. The molecule has 0 N–H and O–H groups in total. The normalized spacial score (nSPS) is 27.0. The second-order valence-electron chi connectivity index (χ2n) is 3.82. The van der Waals surface area contributed by atoms with E-state index in [9.17, 15) is 4.39 Å². The van der Waals surface area contributed by atoms with E-state index in [-0.39, 0.29) is 0 Å². The summed E-state index contributed by atoms with van der Waals surface area (Å²) in [5.41, 5.74) is 3.31. The van der Waals surface area contributed by atoms with Gasteiger partial charge in [0, 0.05) is 12.3 Å². The van der Waals surface area contributed by atoms with E-state index >= 15 is 0 Å². The molecule has 0 aliphatic heterocycles. The smallest absolute Gasteiger partial charge is 0.129 e. The maximum absolute atomic E-state index is 13.6. The van der Waals surface area contributed by atoms with E-state index in [4.69, 9.17) is 11.6 Å². The molecule has 0 heterocycles. The SMILES string of the molecule is FC1CC=CC=C1C1=C(CCl)CCC1. The molecule has 0 bridgehead atoms. The lowest BCUT2D eigenvalue weighted by molar-refractivity contribution is 0.384. The minimum atomic E-state index is -0.814. The van der Waals surface area contributed by atoms with E-state index < -0.39 is 6.17 Å². The van der Waals surface area contributed by atoms with E-state index in [2.05, 4.69) is 0 Å². The Morgan fingerprint density at radius 1 is 1.43 bits per heavy atom. The molecule has 0 fully saturated rings. The maximum atomic E-state index is 13.6. The predicted molar refractivity (Wildman–Crippen MR) is 58.3 cm³/mol. The van der Waals surface area contributed by atoms with Gasteiger partial charge in [-0.15, -0.1) is 11.6 Å². The fourth-order valence-corrected chi connectivity index (χ4v) is 2.49. The van der Waals surface area contributed by atoms with Crippen LogP contribution in [-0.2, 0) is 0 Å². The maximum Gasteiger partial charge on any atom is 0.129 e. The van der Waals surface area contributed by atoms with Gasteiger partial charge >= 0.3 is 0 Å². The van der Waals surface area contributed by atoms with Crippen molar-refractivity contribution in [2.75, 3.05) is 5.88 Å². The Kier molecular flexibility index (Phi) is 3.07. The Morgan fingerprint density at radius 3 is 3.00 bits per heavy atom. The molecule has 0 saturated heterocycles. The Hall–Kier alpha value is -0.560. The predicted octanol–water partition coefficient (Wildman–Crippen LogP) is 3.93. The van der Waals surface area contributed by atoms with Crippen molar-refractivity contribution in [1.82, 2.24) is 0 Å². The number of allylic oxidation sites excluding steroid dienone is 6. The van der Waals surface area contributed by atoms with Gasteiger partial charge in [0.25, 0.3) is 0 Å². The first kappa shape index (κ1) is 9.97. The zero-order chi connectivity index (χ0) is 9.97.